The minimum Gasteiger partial charge on any atom is -0.481 e. The van der Waals surface area contributed by atoms with Crippen LogP contribution < -0.4 is 10.6 Å². The van der Waals surface area contributed by atoms with E-state index in [0.717, 1.165) is 31.2 Å². The summed E-state index contributed by atoms with van der Waals surface area (Å²) in [5.41, 5.74) is 2.86. The number of carboxylic acid groups (broad SMARTS) is 1. The summed E-state index contributed by atoms with van der Waals surface area (Å²) in [6.07, 6.45) is 5.53. The molecule has 1 aliphatic rings. The second-order valence-electron chi connectivity index (χ2n) is 8.90. The smallest absolute Gasteiger partial charge is 0.303 e. The van der Waals surface area contributed by atoms with Crippen LogP contribution in [0.4, 0.5) is 5.69 Å². The van der Waals surface area contributed by atoms with Crippen LogP contribution in [0, 0.1) is 5.92 Å². The zero-order valence-corrected chi connectivity index (χ0v) is 19.4. The highest BCUT2D eigenvalue weighted by molar-refractivity contribution is 5.94. The Labute approximate surface area is 203 Å². The number of oxazole rings is 1. The summed E-state index contributed by atoms with van der Waals surface area (Å²) in [4.78, 5) is 39.7. The summed E-state index contributed by atoms with van der Waals surface area (Å²) in [6, 6.07) is 17.1. The van der Waals surface area contributed by atoms with Crippen molar-refractivity contribution >= 4 is 23.5 Å². The van der Waals surface area contributed by atoms with Gasteiger partial charge in [-0.3, -0.25) is 14.4 Å². The summed E-state index contributed by atoms with van der Waals surface area (Å²) >= 11 is 0. The quantitative estimate of drug-likeness (QED) is 0.407. The lowest BCUT2D eigenvalue weighted by Crippen LogP contribution is -2.27. The number of nitrogens with zero attached hydrogens (tertiary/aromatic N) is 1. The molecule has 0 radical (unpaired) electrons. The minimum absolute atomic E-state index is 0.129. The summed E-state index contributed by atoms with van der Waals surface area (Å²) in [5, 5.41) is 14.5. The maximum Gasteiger partial charge on any atom is 0.303 e. The first-order valence-corrected chi connectivity index (χ1v) is 11.9. The van der Waals surface area contributed by atoms with Gasteiger partial charge in [-0.2, -0.15) is 0 Å². The third-order valence-electron chi connectivity index (χ3n) is 6.37. The topological polar surface area (TPSA) is 122 Å². The number of benzene rings is 2. The van der Waals surface area contributed by atoms with E-state index in [1.807, 2.05) is 54.6 Å². The molecule has 8 heteroatoms. The first-order chi connectivity index (χ1) is 17.0. The van der Waals surface area contributed by atoms with E-state index in [2.05, 4.69) is 15.6 Å². The lowest BCUT2D eigenvalue weighted by Gasteiger charge is -2.28. The Morgan fingerprint density at radius 2 is 1.69 bits per heavy atom. The van der Waals surface area contributed by atoms with Gasteiger partial charge < -0.3 is 20.2 Å². The van der Waals surface area contributed by atoms with Crippen molar-refractivity contribution in [1.29, 1.82) is 0 Å². The summed E-state index contributed by atoms with van der Waals surface area (Å²) in [5.74, 6) is -0.242. The Morgan fingerprint density at radius 1 is 0.971 bits per heavy atom. The van der Waals surface area contributed by atoms with Crippen LogP contribution in [-0.4, -0.2) is 34.4 Å². The molecule has 182 valence electrons. The Hall–Kier alpha value is -3.94. The van der Waals surface area contributed by atoms with Crippen molar-refractivity contribution in [2.45, 2.75) is 44.4 Å². The number of carboxylic acids is 1. The van der Waals surface area contributed by atoms with Crippen LogP contribution in [0.1, 0.15) is 60.5 Å². The molecule has 1 aliphatic carbocycles. The van der Waals surface area contributed by atoms with Crippen molar-refractivity contribution in [2.24, 2.45) is 5.92 Å². The average molecular weight is 476 g/mol. The molecule has 8 nitrogen and oxygen atoms in total. The normalized spacial score (nSPS) is 17.5. The zero-order valence-electron chi connectivity index (χ0n) is 19.4. The van der Waals surface area contributed by atoms with Gasteiger partial charge in [0.2, 0.25) is 11.8 Å². The highest BCUT2D eigenvalue weighted by Crippen LogP contribution is 2.37. The van der Waals surface area contributed by atoms with Crippen LogP contribution >= 0.6 is 0 Å². The van der Waals surface area contributed by atoms with Crippen molar-refractivity contribution in [3.8, 4) is 11.5 Å². The van der Waals surface area contributed by atoms with Crippen molar-refractivity contribution in [1.82, 2.24) is 10.3 Å². The number of aromatic nitrogens is 1. The fourth-order valence-electron chi connectivity index (χ4n) is 4.48. The molecule has 3 aromatic rings. The van der Waals surface area contributed by atoms with Crippen LogP contribution in [0.2, 0.25) is 0 Å². The molecule has 0 atom stereocenters. The van der Waals surface area contributed by atoms with E-state index in [1.54, 1.807) is 0 Å². The van der Waals surface area contributed by atoms with E-state index in [0.29, 0.717) is 17.5 Å². The first-order valence-electron chi connectivity index (χ1n) is 11.9. The Balaban J connectivity index is 1.19. The average Bonchev–Trinajstić information content (AvgIpc) is 3.36. The van der Waals surface area contributed by atoms with Crippen LogP contribution in [0.3, 0.4) is 0 Å². The van der Waals surface area contributed by atoms with Gasteiger partial charge >= 0.3 is 5.97 Å². The van der Waals surface area contributed by atoms with Gasteiger partial charge in [-0.25, -0.2) is 4.98 Å². The SMILES string of the molecule is O=C(O)CC1CCC(c2ccc(NC(=O)CCNC(=O)c3coc(-c4ccccc4)n3)cc2)CC1. The Bertz CT molecular complexity index is 1150. The third-order valence-corrected chi connectivity index (χ3v) is 6.37. The molecule has 1 heterocycles. The van der Waals surface area contributed by atoms with Crippen molar-refractivity contribution < 1.29 is 23.9 Å². The lowest BCUT2D eigenvalue weighted by molar-refractivity contribution is -0.138. The predicted molar refractivity (Wildman–Crippen MR) is 131 cm³/mol. The third kappa shape index (κ3) is 6.79. The van der Waals surface area contributed by atoms with Gasteiger partial charge in [-0.1, -0.05) is 30.3 Å². The zero-order chi connectivity index (χ0) is 24.6. The fourth-order valence-corrected chi connectivity index (χ4v) is 4.48. The second-order valence-corrected chi connectivity index (χ2v) is 8.90. The Morgan fingerprint density at radius 3 is 2.37 bits per heavy atom. The summed E-state index contributed by atoms with van der Waals surface area (Å²) in [6.45, 7) is 0.176. The molecule has 1 fully saturated rings. The van der Waals surface area contributed by atoms with E-state index >= 15 is 0 Å². The molecule has 0 spiro atoms. The molecule has 0 unspecified atom stereocenters. The second kappa shape index (κ2) is 11.5. The van der Waals surface area contributed by atoms with Gasteiger partial charge in [-0.05, 0) is 67.3 Å². The van der Waals surface area contributed by atoms with E-state index < -0.39 is 11.9 Å². The van der Waals surface area contributed by atoms with Gasteiger partial charge in [0, 0.05) is 30.6 Å². The van der Waals surface area contributed by atoms with Crippen molar-refractivity contribution in [2.75, 3.05) is 11.9 Å². The van der Waals surface area contributed by atoms with E-state index in [4.69, 9.17) is 9.52 Å². The Kier molecular flexibility index (Phi) is 7.92. The van der Waals surface area contributed by atoms with Gasteiger partial charge in [0.05, 0.1) is 0 Å². The van der Waals surface area contributed by atoms with E-state index in [1.165, 1.54) is 11.8 Å². The highest BCUT2D eigenvalue weighted by atomic mass is 16.4. The van der Waals surface area contributed by atoms with Crippen LogP contribution in [0.5, 0.6) is 0 Å². The molecule has 0 bridgehead atoms. The molecule has 0 saturated heterocycles. The summed E-state index contributed by atoms with van der Waals surface area (Å²) in [7, 11) is 0. The predicted octanol–water partition coefficient (Wildman–Crippen LogP) is 4.85. The fraction of sp³-hybridized carbons (Fsp3) is 0.333. The number of hydrogen-bond acceptors (Lipinski definition) is 5. The summed E-state index contributed by atoms with van der Waals surface area (Å²) < 4.78 is 5.38. The molecule has 3 N–H and O–H groups in total. The number of carbonyl (C=O) groups is 3. The van der Waals surface area contributed by atoms with Gasteiger partial charge in [0.15, 0.2) is 5.69 Å². The largest absolute Gasteiger partial charge is 0.481 e. The van der Waals surface area contributed by atoms with Crippen molar-refractivity contribution in [3.63, 3.8) is 0 Å². The van der Waals surface area contributed by atoms with E-state index in [-0.39, 0.29) is 36.9 Å². The van der Waals surface area contributed by atoms with Crippen LogP contribution in [0.15, 0.2) is 65.3 Å². The van der Waals surface area contributed by atoms with Gasteiger partial charge in [0.1, 0.15) is 6.26 Å². The molecule has 1 saturated carbocycles. The van der Waals surface area contributed by atoms with Gasteiger partial charge in [0.25, 0.3) is 5.91 Å². The molecule has 2 aromatic carbocycles. The number of anilines is 1. The maximum atomic E-state index is 12.3. The van der Waals surface area contributed by atoms with Crippen molar-refractivity contribution in [3.05, 3.63) is 72.1 Å². The molecule has 35 heavy (non-hydrogen) atoms. The number of hydrogen-bond donors (Lipinski definition) is 3. The number of aliphatic carboxylic acids is 1. The first kappa shape index (κ1) is 24.2. The molecule has 2 amide bonds. The number of carbonyl (C=O) groups excluding carboxylic acids is 2. The molecule has 4 rings (SSSR count). The molecule has 0 aliphatic heterocycles. The number of rotatable bonds is 9. The molecular weight excluding hydrogens is 446 g/mol. The monoisotopic (exact) mass is 475 g/mol. The number of amides is 2. The maximum absolute atomic E-state index is 12.3. The van der Waals surface area contributed by atoms with Gasteiger partial charge in [-0.15, -0.1) is 0 Å². The standard InChI is InChI=1S/C27H29N3O5/c31-24(14-15-28-26(34)23-17-35-27(30-23)21-4-2-1-3-5-21)29-22-12-10-20(11-13-22)19-8-6-18(7-9-19)16-25(32)33/h1-5,10-13,17-19H,6-9,14-16H2,(H,28,34)(H,29,31)(H,32,33). The van der Waals surface area contributed by atoms with E-state index in [9.17, 15) is 14.4 Å². The molecule has 1 aromatic heterocycles. The van der Waals surface area contributed by atoms with Crippen LogP contribution in [0.25, 0.3) is 11.5 Å². The minimum atomic E-state index is -0.719. The highest BCUT2D eigenvalue weighted by Gasteiger charge is 2.24. The molecular formula is C27H29N3O5. The van der Waals surface area contributed by atoms with Crippen LogP contribution in [-0.2, 0) is 9.59 Å². The lowest BCUT2D eigenvalue weighted by atomic mass is 9.77. The number of nitrogens with one attached hydrogen (secondary N) is 2.